The van der Waals surface area contributed by atoms with E-state index in [1.54, 1.807) is 13.0 Å². The van der Waals surface area contributed by atoms with Crippen LogP contribution in [0.2, 0.25) is 0 Å². The summed E-state index contributed by atoms with van der Waals surface area (Å²) in [6.45, 7) is 8.04. The number of benzene rings is 1. The smallest absolute Gasteiger partial charge is 0.315 e. The third-order valence-corrected chi connectivity index (χ3v) is 4.15. The fourth-order valence-corrected chi connectivity index (χ4v) is 2.87. The van der Waals surface area contributed by atoms with Crippen molar-refractivity contribution in [1.82, 2.24) is 4.98 Å². The Kier molecular flexibility index (Phi) is 5.02. The number of nitrogen functional groups attached to an aromatic ring is 1. The van der Waals surface area contributed by atoms with Crippen LogP contribution in [0.1, 0.15) is 19.4 Å². The summed E-state index contributed by atoms with van der Waals surface area (Å²) in [6.07, 6.45) is -0.319. The van der Waals surface area contributed by atoms with E-state index in [0.717, 1.165) is 0 Å². The number of pyridine rings is 1. The standard InChI is InChI=1S/C18H20FN4O4/c1-10(2)27-15-5-4-13(19)6-12(15)8-22-11(3)9-26-16-7-14(23(24)25)17(20)21-18(16)22/h4-7,10-11H,1,8-9H2,2-3H3,(H2,20,21)/t10-,11+/m0/s1. The molecule has 0 saturated heterocycles. The van der Waals surface area contributed by atoms with Crippen molar-refractivity contribution in [3.05, 3.63) is 52.7 Å². The monoisotopic (exact) mass is 375 g/mol. The average Bonchev–Trinajstić information content (AvgIpc) is 2.59. The zero-order valence-corrected chi connectivity index (χ0v) is 15.0. The molecule has 0 aliphatic carbocycles. The average molecular weight is 375 g/mol. The van der Waals surface area contributed by atoms with Gasteiger partial charge in [0.25, 0.3) is 0 Å². The molecule has 1 aromatic heterocycles. The molecular formula is C18H20FN4O4. The lowest BCUT2D eigenvalue weighted by molar-refractivity contribution is -0.384. The molecule has 0 spiro atoms. The van der Waals surface area contributed by atoms with Crippen molar-refractivity contribution in [2.75, 3.05) is 17.2 Å². The third kappa shape index (κ3) is 3.86. The summed E-state index contributed by atoms with van der Waals surface area (Å²) in [5, 5.41) is 11.1. The predicted molar refractivity (Wildman–Crippen MR) is 98.3 cm³/mol. The Morgan fingerprint density at radius 3 is 2.96 bits per heavy atom. The second kappa shape index (κ2) is 7.26. The van der Waals surface area contributed by atoms with Gasteiger partial charge in [-0.3, -0.25) is 10.1 Å². The zero-order valence-electron chi connectivity index (χ0n) is 15.0. The third-order valence-electron chi connectivity index (χ3n) is 4.15. The number of hydrogen-bond donors (Lipinski definition) is 1. The number of hydrogen-bond acceptors (Lipinski definition) is 7. The van der Waals surface area contributed by atoms with Crippen LogP contribution in [-0.4, -0.2) is 28.7 Å². The van der Waals surface area contributed by atoms with E-state index in [1.165, 1.54) is 18.2 Å². The molecule has 0 fully saturated rings. The molecule has 2 atom stereocenters. The molecule has 1 aliphatic heterocycles. The SMILES string of the molecule is [CH2][C@@H](C)Oc1ccc(F)cc1CN1c2nc(N)c([N+](=O)[O-])cc2OC[C@H]1C. The van der Waals surface area contributed by atoms with E-state index < -0.39 is 10.7 Å². The molecular weight excluding hydrogens is 355 g/mol. The summed E-state index contributed by atoms with van der Waals surface area (Å²) < 4.78 is 25.1. The quantitative estimate of drug-likeness (QED) is 0.632. The number of rotatable bonds is 5. The van der Waals surface area contributed by atoms with Crippen molar-refractivity contribution in [3.8, 4) is 11.5 Å². The Hall–Kier alpha value is -3.10. The summed E-state index contributed by atoms with van der Waals surface area (Å²) in [6, 6.07) is 5.40. The topological polar surface area (TPSA) is 104 Å². The van der Waals surface area contributed by atoms with E-state index in [4.69, 9.17) is 15.2 Å². The Balaban J connectivity index is 2.00. The van der Waals surface area contributed by atoms with Gasteiger partial charge in [-0.15, -0.1) is 0 Å². The van der Waals surface area contributed by atoms with Crippen molar-refractivity contribution in [3.63, 3.8) is 0 Å². The second-order valence-electron chi connectivity index (χ2n) is 6.44. The van der Waals surface area contributed by atoms with Crippen molar-refractivity contribution in [2.45, 2.75) is 32.5 Å². The van der Waals surface area contributed by atoms with Gasteiger partial charge in [-0.05, 0) is 39.0 Å². The van der Waals surface area contributed by atoms with E-state index in [1.807, 2.05) is 11.8 Å². The highest BCUT2D eigenvalue weighted by molar-refractivity contribution is 5.67. The van der Waals surface area contributed by atoms with Gasteiger partial charge < -0.3 is 20.1 Å². The number of aromatic nitrogens is 1. The molecule has 9 heteroatoms. The van der Waals surface area contributed by atoms with Gasteiger partial charge in [0.1, 0.15) is 18.2 Å². The second-order valence-corrected chi connectivity index (χ2v) is 6.44. The Labute approximate surface area is 155 Å². The molecule has 1 radical (unpaired) electrons. The van der Waals surface area contributed by atoms with E-state index in [9.17, 15) is 14.5 Å². The molecule has 0 unspecified atom stereocenters. The highest BCUT2D eigenvalue weighted by Crippen LogP contribution is 2.39. The normalized spacial score (nSPS) is 16.0. The zero-order chi connectivity index (χ0) is 19.7. The summed E-state index contributed by atoms with van der Waals surface area (Å²) in [5.74, 6) is 0.539. The fourth-order valence-electron chi connectivity index (χ4n) is 2.87. The van der Waals surface area contributed by atoms with Gasteiger partial charge in [-0.25, -0.2) is 9.37 Å². The number of nitrogens with two attached hydrogens (primary N) is 1. The molecule has 143 valence electrons. The minimum absolute atomic E-state index is 0.112. The lowest BCUT2D eigenvalue weighted by atomic mass is 10.1. The van der Waals surface area contributed by atoms with Crippen LogP contribution in [0.25, 0.3) is 0 Å². The molecule has 3 rings (SSSR count). The molecule has 2 N–H and O–H groups in total. The summed E-state index contributed by atoms with van der Waals surface area (Å²) in [4.78, 5) is 16.5. The van der Waals surface area contributed by atoms with E-state index in [-0.39, 0.29) is 35.9 Å². The molecule has 0 bridgehead atoms. The first-order valence-corrected chi connectivity index (χ1v) is 8.38. The van der Waals surface area contributed by atoms with Gasteiger partial charge >= 0.3 is 5.69 Å². The van der Waals surface area contributed by atoms with Crippen molar-refractivity contribution in [1.29, 1.82) is 0 Å². The van der Waals surface area contributed by atoms with Crippen LogP contribution in [0.3, 0.4) is 0 Å². The van der Waals surface area contributed by atoms with Gasteiger partial charge in [0.15, 0.2) is 11.6 Å². The first-order valence-electron chi connectivity index (χ1n) is 8.38. The van der Waals surface area contributed by atoms with Crippen LogP contribution < -0.4 is 20.1 Å². The Morgan fingerprint density at radius 2 is 2.30 bits per heavy atom. The van der Waals surface area contributed by atoms with Crippen LogP contribution >= 0.6 is 0 Å². The lowest BCUT2D eigenvalue weighted by Gasteiger charge is -2.36. The molecule has 8 nitrogen and oxygen atoms in total. The summed E-state index contributed by atoms with van der Waals surface area (Å²) in [7, 11) is 0. The molecule has 0 amide bonds. The van der Waals surface area contributed by atoms with Gasteiger partial charge in [0.05, 0.1) is 23.1 Å². The predicted octanol–water partition coefficient (Wildman–Crippen LogP) is 3.10. The molecule has 1 aliphatic rings. The highest BCUT2D eigenvalue weighted by atomic mass is 19.1. The summed E-state index contributed by atoms with van der Waals surface area (Å²) in [5.41, 5.74) is 6.02. The van der Waals surface area contributed by atoms with Crippen LogP contribution in [0, 0.1) is 22.9 Å². The number of nitrogens with zero attached hydrogens (tertiary/aromatic N) is 3. The number of fused-ring (bicyclic) bond motifs is 1. The van der Waals surface area contributed by atoms with Gasteiger partial charge in [0.2, 0.25) is 5.82 Å². The highest BCUT2D eigenvalue weighted by Gasteiger charge is 2.30. The first kappa shape index (κ1) is 18.7. The van der Waals surface area contributed by atoms with Gasteiger partial charge in [-0.1, -0.05) is 0 Å². The first-order chi connectivity index (χ1) is 12.8. The van der Waals surface area contributed by atoms with Crippen molar-refractivity contribution >= 4 is 17.3 Å². The van der Waals surface area contributed by atoms with Crippen LogP contribution in [0.4, 0.5) is 21.7 Å². The maximum Gasteiger partial charge on any atom is 0.315 e. The molecule has 27 heavy (non-hydrogen) atoms. The minimum atomic E-state index is -0.609. The van der Waals surface area contributed by atoms with Crippen LogP contribution in [0.5, 0.6) is 11.5 Å². The number of ether oxygens (including phenoxy) is 2. The molecule has 2 aromatic rings. The van der Waals surface area contributed by atoms with Gasteiger partial charge in [0, 0.05) is 12.1 Å². The van der Waals surface area contributed by atoms with Crippen molar-refractivity contribution < 1.29 is 18.8 Å². The van der Waals surface area contributed by atoms with Crippen LogP contribution in [0.15, 0.2) is 24.3 Å². The van der Waals surface area contributed by atoms with Crippen molar-refractivity contribution in [2.24, 2.45) is 0 Å². The number of anilines is 2. The van der Waals surface area contributed by atoms with Crippen LogP contribution in [-0.2, 0) is 6.54 Å². The maximum absolute atomic E-state index is 13.8. The van der Waals surface area contributed by atoms with E-state index in [2.05, 4.69) is 11.9 Å². The molecule has 1 aromatic carbocycles. The molecule has 0 saturated carbocycles. The van der Waals surface area contributed by atoms with E-state index >= 15 is 0 Å². The fraction of sp³-hybridized carbons (Fsp3) is 0.333. The summed E-state index contributed by atoms with van der Waals surface area (Å²) >= 11 is 0. The molecule has 2 heterocycles. The Bertz CT molecular complexity index is 875. The van der Waals surface area contributed by atoms with E-state index in [0.29, 0.717) is 23.7 Å². The number of nitro groups is 1. The minimum Gasteiger partial charge on any atom is -0.490 e. The lowest BCUT2D eigenvalue weighted by Crippen LogP contribution is -2.41. The largest absolute Gasteiger partial charge is 0.490 e. The Morgan fingerprint density at radius 1 is 1.56 bits per heavy atom. The number of halogens is 1. The van der Waals surface area contributed by atoms with Gasteiger partial charge in [-0.2, -0.15) is 0 Å². The maximum atomic E-state index is 13.8.